The number of carbonyl (C=O) groups is 1. The molecule has 0 aromatic carbocycles. The molecule has 0 saturated heterocycles. The van der Waals surface area contributed by atoms with Crippen molar-refractivity contribution in [3.05, 3.63) is 6.92 Å². The van der Waals surface area contributed by atoms with Crippen molar-refractivity contribution in [2.45, 2.75) is 13.0 Å². The van der Waals surface area contributed by atoms with E-state index in [-0.39, 0.29) is 0 Å². The molecule has 0 aliphatic rings. The zero-order chi connectivity index (χ0) is 8.57. The summed E-state index contributed by atoms with van der Waals surface area (Å²) in [6.45, 7) is 5.46. The summed E-state index contributed by atoms with van der Waals surface area (Å²) in [5.41, 5.74) is 6.66. The van der Waals surface area contributed by atoms with Crippen LogP contribution >= 0.6 is 0 Å². The predicted octanol–water partition coefficient (Wildman–Crippen LogP) is -0.783. The van der Waals surface area contributed by atoms with Crippen LogP contribution in [0.25, 0.3) is 0 Å². The molecule has 0 amide bonds. The molecule has 0 rings (SSSR count). The van der Waals surface area contributed by atoms with E-state index in [0.29, 0.717) is 6.54 Å². The van der Waals surface area contributed by atoms with Crippen LogP contribution < -0.4 is 11.2 Å². The van der Waals surface area contributed by atoms with Gasteiger partial charge in [0.15, 0.2) is 0 Å². The summed E-state index contributed by atoms with van der Waals surface area (Å²) < 4.78 is 0. The molecule has 0 saturated carbocycles. The Morgan fingerprint density at radius 1 is 1.82 bits per heavy atom. The van der Waals surface area contributed by atoms with Crippen LogP contribution in [0.3, 0.4) is 0 Å². The Balaban J connectivity index is -0.000000114. The fraction of sp³-hybridized carbons (Fsp3) is 0.600. The number of carboxylic acids is 1. The number of nitrogens with one attached hydrogen (secondary N) is 1. The number of hydrogen-bond acceptors (Lipinski definition) is 4. The van der Waals surface area contributed by atoms with E-state index in [1.807, 2.05) is 12.4 Å². The van der Waals surface area contributed by atoms with Crippen molar-refractivity contribution in [3.8, 4) is 0 Å². The van der Waals surface area contributed by atoms with E-state index in [2.05, 4.69) is 6.92 Å². The third kappa shape index (κ3) is 30.0. The van der Waals surface area contributed by atoms with Gasteiger partial charge in [0.1, 0.15) is 0 Å². The first-order chi connectivity index (χ1) is 4.56. The van der Waals surface area contributed by atoms with Crippen LogP contribution in [0.5, 0.6) is 0 Å². The molecule has 0 bridgehead atoms. The second-order valence-corrected chi connectivity index (χ2v) is 1.46. The average molecular weight is 396 g/mol. The van der Waals surface area contributed by atoms with Gasteiger partial charge in [-0.3, -0.25) is 4.79 Å². The Labute approximate surface area is 59.8 Å². The van der Waals surface area contributed by atoms with Crippen LogP contribution in [0.1, 0.15) is 6.92 Å². The molecule has 0 heterocycles. The molecule has 5 nitrogen and oxygen atoms in total. The second-order valence-electron chi connectivity index (χ2n) is 1.46. The molecule has 0 radical (unpaired) electrons. The number of aliphatic carboxylic acids is 1. The monoisotopic (exact) mass is 392 g/mol. The Hall–Kier alpha value is -1.65. The van der Waals surface area contributed by atoms with Crippen molar-refractivity contribution >= 4 is 5.97 Å². The quantitative estimate of drug-likeness (QED) is 0.363. The molecule has 0 aromatic rings. The van der Waals surface area contributed by atoms with Gasteiger partial charge in [-0.15, -0.1) is 0 Å². The first kappa shape index (κ1) is 16.2. The van der Waals surface area contributed by atoms with Crippen molar-refractivity contribution in [1.82, 2.24) is 5.48 Å². The molecule has 0 aliphatic heterocycles. The SMILES string of the molecule is CCNO.[CH2-]C(N)C(=O)O.[Cm]. The van der Waals surface area contributed by atoms with Crippen LogP contribution in [0.15, 0.2) is 0 Å². The average Bonchev–Trinajstić information content (AvgIpc) is 1.89. The summed E-state index contributed by atoms with van der Waals surface area (Å²) in [5.74, 6) is -1.07. The molecule has 1 atom stereocenters. The summed E-state index contributed by atoms with van der Waals surface area (Å²) in [6, 6.07) is -0.981. The summed E-state index contributed by atoms with van der Waals surface area (Å²) in [5, 5.41) is 15.4. The zero-order valence-corrected chi connectivity index (χ0v) is 9.17. The fourth-order valence-corrected chi connectivity index (χ4v) is 0. The van der Waals surface area contributed by atoms with E-state index >= 15 is 0 Å². The van der Waals surface area contributed by atoms with Crippen LogP contribution in [0.4, 0.5) is 0 Å². The Morgan fingerprint density at radius 3 is 2.00 bits per heavy atom. The maximum absolute atomic E-state index is 9.51. The maximum Gasteiger partial charge on any atom is 0.289 e. The molecule has 0 spiro atoms. The first-order valence-electron chi connectivity index (χ1n) is 2.74. The molecule has 0 fully saturated rings. The normalized spacial score (nSPS) is 10.2. The Morgan fingerprint density at radius 2 is 2.00 bits per heavy atom. The largest absolute Gasteiger partial charge is 0.482 e. The van der Waals surface area contributed by atoms with Gasteiger partial charge in [-0.1, -0.05) is 6.92 Å². The van der Waals surface area contributed by atoms with Crippen molar-refractivity contribution in [1.29, 1.82) is 0 Å². The smallest absolute Gasteiger partial charge is 0.289 e. The fourth-order valence-electron chi connectivity index (χ4n) is 0. The van der Waals surface area contributed by atoms with Crippen LogP contribution in [0, 0.1) is 6.92 Å². The number of rotatable bonds is 2. The Bertz CT molecular complexity index is 87.8. The van der Waals surface area contributed by atoms with Gasteiger partial charge >= 0.3 is 0 Å². The third-order valence-corrected chi connectivity index (χ3v) is 0.475. The van der Waals surface area contributed by atoms with E-state index < -0.39 is 12.0 Å². The van der Waals surface area contributed by atoms with E-state index in [4.69, 9.17) is 16.0 Å². The van der Waals surface area contributed by atoms with Crippen molar-refractivity contribution < 1.29 is 15.1 Å². The van der Waals surface area contributed by atoms with Gasteiger partial charge in [0.2, 0.25) is 0 Å². The second kappa shape index (κ2) is 11.2. The van der Waals surface area contributed by atoms with E-state index in [1.165, 1.54) is 0 Å². The summed E-state index contributed by atoms with van der Waals surface area (Å²) >= 11 is 0. The minimum atomic E-state index is -1.07. The van der Waals surface area contributed by atoms with Gasteiger partial charge in [-0.25, -0.2) is 5.48 Å². The zero-order valence-electron chi connectivity index (χ0n) is 6.23. The summed E-state index contributed by atoms with van der Waals surface area (Å²) in [6.07, 6.45) is 0. The van der Waals surface area contributed by atoms with Crippen molar-refractivity contribution in [3.63, 3.8) is 0 Å². The Kier molecular flexibility index (Phi) is 16.4. The van der Waals surface area contributed by atoms with Gasteiger partial charge in [0.05, 0.1) is 0 Å². The molecule has 0 aliphatic carbocycles. The van der Waals surface area contributed by atoms with Crippen LogP contribution in [-0.2, 0) is 4.79 Å². The maximum atomic E-state index is 9.51. The van der Waals surface area contributed by atoms with Crippen molar-refractivity contribution in [2.24, 2.45) is 5.73 Å². The molecule has 5 N–H and O–H groups in total. The number of carboxylic acid groups (broad SMARTS) is 1. The number of hydroxylamine groups is 1. The van der Waals surface area contributed by atoms with Crippen LogP contribution in [-0.4, -0.2) is 28.9 Å². The molecule has 11 heavy (non-hydrogen) atoms. The number of hydrogen-bond donors (Lipinski definition) is 4. The molecule has 6 heteroatoms. The molecular formula is C5H13CmN2O3-. The van der Waals surface area contributed by atoms with Gasteiger partial charge in [-0.05, 0) is 6.04 Å². The van der Waals surface area contributed by atoms with Crippen LogP contribution in [0.2, 0.25) is 0 Å². The minimum absolute atomic E-state index is 0. The molecule has 70 valence electrons. The van der Waals surface area contributed by atoms with E-state index in [9.17, 15) is 4.79 Å². The summed E-state index contributed by atoms with van der Waals surface area (Å²) in [7, 11) is 0. The molecule has 0 aromatic heterocycles. The standard InChI is InChI=1S/C3H6NO2.C2H7NO.Cm/c1-2(4)3(5)6;1-2-3-4;/h2H,1,4H2,(H,5,6);3-4H,2H2,1H3;/q-1;;. The van der Waals surface area contributed by atoms with Gasteiger partial charge in [-0.2, -0.15) is 0 Å². The molecule has 1 unspecified atom stereocenters. The first-order valence-corrected chi connectivity index (χ1v) is 2.74. The number of nitrogens with two attached hydrogens (primary N) is 1. The van der Waals surface area contributed by atoms with E-state index in [0.717, 1.165) is 0 Å². The van der Waals surface area contributed by atoms with E-state index in [1.54, 1.807) is 0 Å². The third-order valence-electron chi connectivity index (χ3n) is 0.475. The topological polar surface area (TPSA) is 95.6 Å². The van der Waals surface area contributed by atoms with Gasteiger partial charge in [0.25, 0.3) is 5.97 Å². The van der Waals surface area contributed by atoms with Gasteiger partial charge < -0.3 is 23.0 Å². The molecular weight excluding hydrogens is 383 g/mol. The van der Waals surface area contributed by atoms with Crippen molar-refractivity contribution in [2.75, 3.05) is 6.54 Å². The minimum Gasteiger partial charge on any atom is -0.482 e. The summed E-state index contributed by atoms with van der Waals surface area (Å²) in [4.78, 5) is 9.51. The predicted molar refractivity (Wildman–Crippen MR) is 36.4 cm³/mol. The van der Waals surface area contributed by atoms with Gasteiger partial charge in [0, 0.05) is 6.54 Å².